The van der Waals surface area contributed by atoms with Crippen LogP contribution < -0.4 is 5.32 Å². The topological polar surface area (TPSA) is 32.3 Å². The summed E-state index contributed by atoms with van der Waals surface area (Å²) < 4.78 is 1.18. The third-order valence-corrected chi connectivity index (χ3v) is 4.24. The molecule has 2 N–H and O–H groups in total. The van der Waals surface area contributed by atoms with Gasteiger partial charge >= 0.3 is 0 Å². The van der Waals surface area contributed by atoms with Gasteiger partial charge in [-0.2, -0.15) is 0 Å². The molecule has 0 amide bonds. The van der Waals surface area contributed by atoms with E-state index in [0.29, 0.717) is 6.42 Å². The van der Waals surface area contributed by atoms with Crippen LogP contribution in [-0.4, -0.2) is 23.0 Å². The highest BCUT2D eigenvalue weighted by Gasteiger charge is 2.21. The van der Waals surface area contributed by atoms with E-state index in [0.717, 1.165) is 5.56 Å². The summed E-state index contributed by atoms with van der Waals surface area (Å²) in [6.07, 6.45) is -0.106. The number of hydrogen-bond donors (Lipinski definition) is 2. The molecular weight excluding hydrogens is 289 g/mol. The minimum Gasteiger partial charge on any atom is -0.387 e. The molecule has 0 saturated carbocycles. The number of likely N-dealkylation sites (N-methyl/N-ethyl adjacent to an activating group) is 1. The fourth-order valence-corrected chi connectivity index (χ4v) is 3.21. The Kier molecular flexibility index (Phi) is 4.87. The van der Waals surface area contributed by atoms with Gasteiger partial charge in [-0.25, -0.2) is 0 Å². The van der Waals surface area contributed by atoms with Crippen molar-refractivity contribution in [2.45, 2.75) is 23.4 Å². The molecule has 0 aliphatic rings. The van der Waals surface area contributed by atoms with Crippen LogP contribution in [0.25, 0.3) is 10.1 Å². The van der Waals surface area contributed by atoms with Crippen molar-refractivity contribution in [3.05, 3.63) is 35.2 Å². The van der Waals surface area contributed by atoms with Crippen LogP contribution in [0.1, 0.15) is 18.1 Å². The van der Waals surface area contributed by atoms with Gasteiger partial charge in [0.1, 0.15) is 4.84 Å². The zero-order chi connectivity index (χ0) is 13.1. The predicted octanol–water partition coefficient (Wildman–Crippen LogP) is 3.72. The molecular formula is C13H15Cl2NOS. The lowest BCUT2D eigenvalue weighted by molar-refractivity contribution is 0.129. The van der Waals surface area contributed by atoms with Crippen molar-refractivity contribution in [2.75, 3.05) is 7.05 Å². The maximum atomic E-state index is 10.4. The number of benzene rings is 1. The summed E-state index contributed by atoms with van der Waals surface area (Å²) in [5, 5.41) is 16.7. The summed E-state index contributed by atoms with van der Waals surface area (Å²) >= 11 is 13.2. The maximum Gasteiger partial charge on any atom is 0.109 e. The highest BCUT2D eigenvalue weighted by atomic mass is 35.5. The molecule has 2 atom stereocenters. The summed E-state index contributed by atoms with van der Waals surface area (Å²) in [5.41, 5.74) is 0.887. The second kappa shape index (κ2) is 6.22. The highest BCUT2D eigenvalue weighted by Crippen LogP contribution is 2.28. The van der Waals surface area contributed by atoms with Gasteiger partial charge in [0.2, 0.25) is 0 Å². The van der Waals surface area contributed by atoms with Gasteiger partial charge in [0, 0.05) is 10.7 Å². The van der Waals surface area contributed by atoms with Crippen LogP contribution in [0.2, 0.25) is 0 Å². The van der Waals surface area contributed by atoms with Gasteiger partial charge in [-0.15, -0.1) is 34.5 Å². The van der Waals surface area contributed by atoms with E-state index in [-0.39, 0.29) is 6.04 Å². The Morgan fingerprint density at radius 3 is 2.78 bits per heavy atom. The van der Waals surface area contributed by atoms with E-state index in [1.807, 2.05) is 23.6 Å². The number of rotatable bonds is 5. The summed E-state index contributed by atoms with van der Waals surface area (Å²) in [6, 6.07) is 7.91. The zero-order valence-corrected chi connectivity index (χ0v) is 12.3. The minimum atomic E-state index is -0.610. The zero-order valence-electron chi connectivity index (χ0n) is 9.94. The molecule has 1 aromatic heterocycles. The van der Waals surface area contributed by atoms with E-state index < -0.39 is 10.9 Å². The molecule has 0 aliphatic heterocycles. The van der Waals surface area contributed by atoms with Crippen molar-refractivity contribution in [2.24, 2.45) is 0 Å². The summed E-state index contributed by atoms with van der Waals surface area (Å²) in [5.74, 6) is 0. The van der Waals surface area contributed by atoms with E-state index in [4.69, 9.17) is 23.2 Å². The van der Waals surface area contributed by atoms with Gasteiger partial charge in [0.15, 0.2) is 0 Å². The van der Waals surface area contributed by atoms with Crippen molar-refractivity contribution < 1.29 is 5.11 Å². The Morgan fingerprint density at radius 1 is 1.33 bits per heavy atom. The highest BCUT2D eigenvalue weighted by molar-refractivity contribution is 7.17. The summed E-state index contributed by atoms with van der Waals surface area (Å²) in [4.78, 5) is -0.484. The fourth-order valence-electron chi connectivity index (χ4n) is 1.98. The van der Waals surface area contributed by atoms with Crippen molar-refractivity contribution in [3.8, 4) is 0 Å². The lowest BCUT2D eigenvalue weighted by atomic mass is 10.00. The van der Waals surface area contributed by atoms with Crippen LogP contribution in [-0.2, 0) is 0 Å². The van der Waals surface area contributed by atoms with Crippen molar-refractivity contribution >= 4 is 44.6 Å². The Hall–Kier alpha value is -0.320. The first kappa shape index (κ1) is 14.1. The van der Waals surface area contributed by atoms with Gasteiger partial charge in [-0.05, 0) is 41.9 Å². The monoisotopic (exact) mass is 303 g/mol. The molecule has 98 valence electrons. The third kappa shape index (κ3) is 3.16. The minimum absolute atomic E-state index is 0.151. The molecule has 0 saturated heterocycles. The Balaban J connectivity index is 2.22. The predicted molar refractivity (Wildman–Crippen MR) is 79.7 cm³/mol. The Labute approximate surface area is 121 Å². The van der Waals surface area contributed by atoms with Crippen LogP contribution in [0.5, 0.6) is 0 Å². The standard InChI is InChI=1S/C13H15Cl2NOS/c1-16-10(7-12(14)15)13(17)9-3-2-8-4-5-18-11(8)6-9/h2-6,10,12-13,16-17H,7H2,1H3. The second-order valence-corrected chi connectivity index (χ2v) is 6.41. The van der Waals surface area contributed by atoms with E-state index in [2.05, 4.69) is 11.4 Å². The van der Waals surface area contributed by atoms with Gasteiger partial charge in [-0.3, -0.25) is 0 Å². The number of nitrogens with one attached hydrogen (secondary N) is 1. The molecule has 1 heterocycles. The number of alkyl halides is 2. The van der Waals surface area contributed by atoms with Crippen molar-refractivity contribution in [3.63, 3.8) is 0 Å². The van der Waals surface area contributed by atoms with E-state index >= 15 is 0 Å². The molecule has 0 fully saturated rings. The quantitative estimate of drug-likeness (QED) is 0.825. The molecule has 1 aromatic carbocycles. The second-order valence-electron chi connectivity index (χ2n) is 4.18. The van der Waals surface area contributed by atoms with Crippen LogP contribution in [0.4, 0.5) is 0 Å². The first-order valence-electron chi connectivity index (χ1n) is 5.72. The molecule has 0 spiro atoms. The first-order valence-corrected chi connectivity index (χ1v) is 7.47. The molecule has 18 heavy (non-hydrogen) atoms. The van der Waals surface area contributed by atoms with Crippen LogP contribution >= 0.6 is 34.5 Å². The summed E-state index contributed by atoms with van der Waals surface area (Å²) in [6.45, 7) is 0. The first-order chi connectivity index (χ1) is 8.61. The van der Waals surface area contributed by atoms with Gasteiger partial charge in [-0.1, -0.05) is 12.1 Å². The number of hydrogen-bond acceptors (Lipinski definition) is 3. The lowest BCUT2D eigenvalue weighted by Crippen LogP contribution is -2.33. The Morgan fingerprint density at radius 2 is 2.11 bits per heavy atom. The normalized spacial score (nSPS) is 15.2. The van der Waals surface area contributed by atoms with E-state index in [1.54, 1.807) is 18.4 Å². The number of fused-ring (bicyclic) bond motifs is 1. The van der Waals surface area contributed by atoms with Gasteiger partial charge < -0.3 is 10.4 Å². The molecule has 2 nitrogen and oxygen atoms in total. The van der Waals surface area contributed by atoms with E-state index in [1.165, 1.54) is 10.1 Å². The van der Waals surface area contributed by atoms with Crippen LogP contribution in [0, 0.1) is 0 Å². The molecule has 0 radical (unpaired) electrons. The van der Waals surface area contributed by atoms with Gasteiger partial charge in [0.25, 0.3) is 0 Å². The van der Waals surface area contributed by atoms with Crippen LogP contribution in [0.3, 0.4) is 0 Å². The fraction of sp³-hybridized carbons (Fsp3) is 0.385. The molecule has 5 heteroatoms. The number of aliphatic hydroxyl groups excluding tert-OH is 1. The number of halogens is 2. The molecule has 0 bridgehead atoms. The lowest BCUT2D eigenvalue weighted by Gasteiger charge is -2.23. The summed E-state index contributed by atoms with van der Waals surface area (Å²) in [7, 11) is 1.80. The molecule has 2 aromatic rings. The van der Waals surface area contributed by atoms with Crippen LogP contribution in [0.15, 0.2) is 29.6 Å². The molecule has 0 aliphatic carbocycles. The largest absolute Gasteiger partial charge is 0.387 e. The van der Waals surface area contributed by atoms with E-state index in [9.17, 15) is 5.11 Å². The molecule has 2 rings (SSSR count). The van der Waals surface area contributed by atoms with Crippen molar-refractivity contribution in [1.82, 2.24) is 5.32 Å². The maximum absolute atomic E-state index is 10.4. The number of thiophene rings is 1. The smallest absolute Gasteiger partial charge is 0.109 e. The third-order valence-electron chi connectivity index (χ3n) is 3.01. The average molecular weight is 304 g/mol. The van der Waals surface area contributed by atoms with Crippen molar-refractivity contribution in [1.29, 1.82) is 0 Å². The van der Waals surface area contributed by atoms with Gasteiger partial charge in [0.05, 0.1) is 6.10 Å². The molecule has 2 unspecified atom stereocenters. The SMILES string of the molecule is CNC(CC(Cl)Cl)C(O)c1ccc2ccsc2c1. The number of aliphatic hydroxyl groups is 1. The Bertz CT molecular complexity index is 514. The average Bonchev–Trinajstić information content (AvgIpc) is 2.81.